The molecule has 94 valence electrons. The van der Waals surface area contributed by atoms with E-state index in [1.54, 1.807) is 13.3 Å². The van der Waals surface area contributed by atoms with Crippen molar-refractivity contribution >= 4 is 5.82 Å². The van der Waals surface area contributed by atoms with E-state index in [9.17, 15) is 0 Å². The van der Waals surface area contributed by atoms with Crippen molar-refractivity contribution in [2.75, 3.05) is 26.0 Å². The van der Waals surface area contributed by atoms with Gasteiger partial charge in [-0.05, 0) is 18.9 Å². The molecule has 17 heavy (non-hydrogen) atoms. The molecule has 3 N–H and O–H groups in total. The summed E-state index contributed by atoms with van der Waals surface area (Å²) in [5, 5.41) is 3.47. The monoisotopic (exact) mass is 235 g/mol. The van der Waals surface area contributed by atoms with E-state index in [-0.39, 0.29) is 0 Å². The lowest BCUT2D eigenvalue weighted by molar-refractivity contribution is 0.0177. The Labute approximate surface area is 103 Å². The Morgan fingerprint density at radius 3 is 2.94 bits per heavy atom. The number of aromatic nitrogens is 1. The minimum Gasteiger partial charge on any atom is -0.384 e. The SMILES string of the molecule is COCC1(CNCc2cccnc2N)CCC1. The van der Waals surface area contributed by atoms with Crippen LogP contribution in [-0.4, -0.2) is 25.2 Å². The standard InChI is InChI=1S/C13H21N3O/c1-17-10-13(5-3-6-13)9-15-8-11-4-2-7-16-12(11)14/h2,4,7,15H,3,5-6,8-10H2,1H3,(H2,14,16). The molecule has 1 aromatic rings. The predicted molar refractivity (Wildman–Crippen MR) is 68.5 cm³/mol. The highest BCUT2D eigenvalue weighted by Crippen LogP contribution is 2.40. The number of rotatable bonds is 6. The Morgan fingerprint density at radius 1 is 1.53 bits per heavy atom. The number of ether oxygens (including phenoxy) is 1. The summed E-state index contributed by atoms with van der Waals surface area (Å²) < 4.78 is 5.30. The van der Waals surface area contributed by atoms with Crippen LogP contribution in [0.4, 0.5) is 5.82 Å². The second-order valence-electron chi connectivity index (χ2n) is 4.94. The van der Waals surface area contributed by atoms with Crippen molar-refractivity contribution in [1.29, 1.82) is 0 Å². The second kappa shape index (κ2) is 5.47. The number of nitrogen functional groups attached to an aromatic ring is 1. The molecule has 1 heterocycles. The van der Waals surface area contributed by atoms with Crippen LogP contribution in [-0.2, 0) is 11.3 Å². The van der Waals surface area contributed by atoms with Crippen molar-refractivity contribution in [2.45, 2.75) is 25.8 Å². The van der Waals surface area contributed by atoms with Crippen LogP contribution in [0.25, 0.3) is 0 Å². The van der Waals surface area contributed by atoms with Gasteiger partial charge in [0.2, 0.25) is 0 Å². The Hall–Kier alpha value is -1.13. The van der Waals surface area contributed by atoms with E-state index in [1.807, 2.05) is 12.1 Å². The van der Waals surface area contributed by atoms with E-state index in [0.717, 1.165) is 25.3 Å². The first-order valence-electron chi connectivity index (χ1n) is 6.15. The third-order valence-corrected chi connectivity index (χ3v) is 3.61. The molecular formula is C13H21N3O. The highest BCUT2D eigenvalue weighted by atomic mass is 16.5. The van der Waals surface area contributed by atoms with Gasteiger partial charge in [0.25, 0.3) is 0 Å². The van der Waals surface area contributed by atoms with Crippen LogP contribution in [0, 0.1) is 5.41 Å². The van der Waals surface area contributed by atoms with Crippen LogP contribution < -0.4 is 11.1 Å². The number of methoxy groups -OCH3 is 1. The molecule has 0 bridgehead atoms. The van der Waals surface area contributed by atoms with E-state index in [2.05, 4.69) is 10.3 Å². The second-order valence-corrected chi connectivity index (χ2v) is 4.94. The molecule has 1 aliphatic carbocycles. The van der Waals surface area contributed by atoms with Gasteiger partial charge in [0.15, 0.2) is 0 Å². The maximum Gasteiger partial charge on any atom is 0.127 e. The van der Waals surface area contributed by atoms with Crippen molar-refractivity contribution in [1.82, 2.24) is 10.3 Å². The minimum atomic E-state index is 0.353. The van der Waals surface area contributed by atoms with Crippen molar-refractivity contribution < 1.29 is 4.74 Å². The van der Waals surface area contributed by atoms with Crippen molar-refractivity contribution in [3.8, 4) is 0 Å². The number of anilines is 1. The fraction of sp³-hybridized carbons (Fsp3) is 0.615. The molecule has 0 atom stereocenters. The Balaban J connectivity index is 1.81. The van der Waals surface area contributed by atoms with Crippen LogP contribution in [0.2, 0.25) is 0 Å². The Kier molecular flexibility index (Phi) is 3.97. The zero-order chi connectivity index (χ0) is 12.1. The first-order chi connectivity index (χ1) is 8.26. The van der Waals surface area contributed by atoms with Gasteiger partial charge in [-0.1, -0.05) is 12.5 Å². The third kappa shape index (κ3) is 2.96. The average molecular weight is 235 g/mol. The predicted octanol–water partition coefficient (Wildman–Crippen LogP) is 1.57. The van der Waals surface area contributed by atoms with Gasteiger partial charge in [-0.15, -0.1) is 0 Å². The molecule has 4 nitrogen and oxygen atoms in total. The first-order valence-corrected chi connectivity index (χ1v) is 6.15. The van der Waals surface area contributed by atoms with Crippen LogP contribution in [0.1, 0.15) is 24.8 Å². The number of hydrogen-bond acceptors (Lipinski definition) is 4. The van der Waals surface area contributed by atoms with Gasteiger partial charge in [-0.2, -0.15) is 0 Å². The molecule has 0 amide bonds. The molecule has 0 unspecified atom stereocenters. The molecule has 1 fully saturated rings. The molecule has 1 saturated carbocycles. The zero-order valence-corrected chi connectivity index (χ0v) is 10.4. The molecule has 0 aromatic carbocycles. The smallest absolute Gasteiger partial charge is 0.127 e. The maximum atomic E-state index is 5.80. The highest BCUT2D eigenvalue weighted by molar-refractivity contribution is 5.38. The van der Waals surface area contributed by atoms with E-state index in [4.69, 9.17) is 10.5 Å². The molecule has 4 heteroatoms. The van der Waals surface area contributed by atoms with E-state index in [1.165, 1.54) is 19.3 Å². The third-order valence-electron chi connectivity index (χ3n) is 3.61. The Bertz CT molecular complexity index is 363. The molecule has 0 aliphatic heterocycles. The summed E-state index contributed by atoms with van der Waals surface area (Å²) in [5.74, 6) is 0.620. The quantitative estimate of drug-likeness (QED) is 0.785. The van der Waals surface area contributed by atoms with E-state index < -0.39 is 0 Å². The van der Waals surface area contributed by atoms with Gasteiger partial charge < -0.3 is 15.8 Å². The van der Waals surface area contributed by atoms with Crippen LogP contribution in [0.15, 0.2) is 18.3 Å². The lowest BCUT2D eigenvalue weighted by Crippen LogP contribution is -2.43. The summed E-state index contributed by atoms with van der Waals surface area (Å²) in [6, 6.07) is 3.93. The van der Waals surface area contributed by atoms with Gasteiger partial charge in [0.1, 0.15) is 5.82 Å². The normalized spacial score (nSPS) is 17.7. The summed E-state index contributed by atoms with van der Waals surface area (Å²) in [7, 11) is 1.78. The van der Waals surface area contributed by atoms with E-state index in [0.29, 0.717) is 11.2 Å². The van der Waals surface area contributed by atoms with Gasteiger partial charge in [0, 0.05) is 37.4 Å². The largest absolute Gasteiger partial charge is 0.384 e. The van der Waals surface area contributed by atoms with Crippen LogP contribution in [0.5, 0.6) is 0 Å². The number of pyridine rings is 1. The van der Waals surface area contributed by atoms with Crippen molar-refractivity contribution in [3.63, 3.8) is 0 Å². The fourth-order valence-corrected chi connectivity index (χ4v) is 2.42. The zero-order valence-electron chi connectivity index (χ0n) is 10.4. The molecule has 0 saturated heterocycles. The summed E-state index contributed by atoms with van der Waals surface area (Å²) in [4.78, 5) is 4.08. The fourth-order valence-electron chi connectivity index (χ4n) is 2.42. The number of hydrogen-bond donors (Lipinski definition) is 2. The molecule has 2 rings (SSSR count). The average Bonchev–Trinajstić information content (AvgIpc) is 2.28. The Morgan fingerprint density at radius 2 is 2.35 bits per heavy atom. The number of nitrogens with zero attached hydrogens (tertiary/aromatic N) is 1. The lowest BCUT2D eigenvalue weighted by atomic mass is 9.69. The summed E-state index contributed by atoms with van der Waals surface area (Å²) >= 11 is 0. The summed E-state index contributed by atoms with van der Waals surface area (Å²) in [6.07, 6.45) is 5.56. The van der Waals surface area contributed by atoms with Gasteiger partial charge in [-0.3, -0.25) is 0 Å². The molecule has 0 radical (unpaired) electrons. The topological polar surface area (TPSA) is 60.2 Å². The minimum absolute atomic E-state index is 0.353. The van der Waals surface area contributed by atoms with Crippen molar-refractivity contribution in [2.24, 2.45) is 5.41 Å². The molecule has 1 aromatic heterocycles. The number of nitrogens with one attached hydrogen (secondary N) is 1. The van der Waals surface area contributed by atoms with Gasteiger partial charge in [-0.25, -0.2) is 4.98 Å². The van der Waals surface area contributed by atoms with Crippen molar-refractivity contribution in [3.05, 3.63) is 23.9 Å². The highest BCUT2D eigenvalue weighted by Gasteiger charge is 2.36. The van der Waals surface area contributed by atoms with Crippen LogP contribution in [0.3, 0.4) is 0 Å². The maximum absolute atomic E-state index is 5.80. The number of nitrogens with two attached hydrogens (primary N) is 1. The van der Waals surface area contributed by atoms with Gasteiger partial charge >= 0.3 is 0 Å². The van der Waals surface area contributed by atoms with Crippen LogP contribution >= 0.6 is 0 Å². The molecule has 1 aliphatic rings. The lowest BCUT2D eigenvalue weighted by Gasteiger charge is -2.41. The molecular weight excluding hydrogens is 214 g/mol. The van der Waals surface area contributed by atoms with Gasteiger partial charge in [0.05, 0.1) is 6.61 Å². The summed E-state index contributed by atoms with van der Waals surface area (Å²) in [5.41, 5.74) is 7.22. The van der Waals surface area contributed by atoms with E-state index >= 15 is 0 Å². The molecule has 0 spiro atoms. The first kappa shape index (κ1) is 12.3. The summed E-state index contributed by atoms with van der Waals surface area (Å²) in [6.45, 7) is 2.63.